The fraction of sp³-hybridized carbons (Fsp3) is 0.742. The molecule has 3 saturated carbocycles. The highest BCUT2D eigenvalue weighted by Crippen LogP contribution is 2.72. The van der Waals surface area contributed by atoms with Crippen LogP contribution in [0.25, 0.3) is 0 Å². The molecule has 1 saturated heterocycles. The number of carbonyl (C=O) groups excluding carboxylic acids is 4. The molecular weight excluding hydrogens is 692 g/mol. The van der Waals surface area contributed by atoms with Gasteiger partial charge in [0.1, 0.15) is 31.5 Å². The number of hydrogen-bond acceptors (Lipinski definition) is 18. The van der Waals surface area contributed by atoms with Crippen molar-refractivity contribution >= 4 is 23.5 Å². The number of fused-ring (bicyclic) bond motifs is 7. The summed E-state index contributed by atoms with van der Waals surface area (Å²) in [5.74, 6) is -6.75. The van der Waals surface area contributed by atoms with E-state index in [2.05, 4.69) is 9.68 Å². The van der Waals surface area contributed by atoms with E-state index in [1.54, 1.807) is 20.8 Å². The third-order valence-electron chi connectivity index (χ3n) is 11.1. The molecule has 0 aromatic carbocycles. The molecule has 0 aromatic heterocycles. The second kappa shape index (κ2) is 13.8. The van der Waals surface area contributed by atoms with Gasteiger partial charge in [0.05, 0.1) is 29.4 Å². The molecule has 1 heterocycles. The summed E-state index contributed by atoms with van der Waals surface area (Å²) in [6.07, 6.45) is -3.77. The number of aliphatic hydroxyl groups is 1. The largest absolute Gasteiger partial charge is 0.462 e. The SMILES string of the molecule is CC1(C)O[C@@H]2CC3C4C[C@H](F)C5=CC(=O)C=CC5(C)[C@@]4(F)[C@@H](O)C[C@]3(C)[C@]2(C(=O)COC(=O)CC(N)C(=O)OCC(CON(O)O)ON(O)O)O1. The smallest absolute Gasteiger partial charge is 0.323 e. The molecule has 5 aliphatic rings. The Balaban J connectivity index is 1.29. The number of aliphatic hydroxyl groups excluding tert-OH is 1. The molecule has 0 amide bonds. The number of esters is 2. The van der Waals surface area contributed by atoms with Crippen LogP contribution >= 0.6 is 0 Å². The van der Waals surface area contributed by atoms with E-state index in [0.717, 1.165) is 12.2 Å². The summed E-state index contributed by atoms with van der Waals surface area (Å²) in [5.41, 5.74) is -1.56. The van der Waals surface area contributed by atoms with Gasteiger partial charge in [-0.3, -0.25) is 40.0 Å². The van der Waals surface area contributed by atoms with Crippen molar-refractivity contribution in [3.63, 3.8) is 0 Å². The Morgan fingerprint density at radius 3 is 2.39 bits per heavy atom. The summed E-state index contributed by atoms with van der Waals surface area (Å²) in [6.45, 7) is 3.83. The lowest BCUT2D eigenvalue weighted by Gasteiger charge is -2.63. The number of nitrogens with zero attached hydrogens (tertiary/aromatic N) is 2. The van der Waals surface area contributed by atoms with E-state index in [-0.39, 0.29) is 24.8 Å². The standard InChI is InChI=1S/C31H43F2N3O15/c1-27(2)49-24-9-17-18-8-20(32)19-7-15(37)5-6-28(19,3)30(18,33)22(38)11-29(17,4)31(24,51-27)23(39)14-46-25(40)10-21(34)26(41)47-12-16(50-36(44)45)13-48-35(42)43/h5-7,16-18,20-22,24,38,42-45H,8-14,34H2,1-4H3/t16?,17?,18?,20-,21?,22-,24+,28?,29-,30-,31+/m0/s1. The topological polar surface area (TPSA) is 257 Å². The van der Waals surface area contributed by atoms with Gasteiger partial charge in [-0.25, -0.2) is 18.5 Å². The number of alkyl halides is 2. The molecule has 4 fully saturated rings. The Morgan fingerprint density at radius 1 is 1.06 bits per heavy atom. The summed E-state index contributed by atoms with van der Waals surface area (Å²) in [5, 5.41) is 45.1. The van der Waals surface area contributed by atoms with Crippen molar-refractivity contribution in [1.29, 1.82) is 0 Å². The van der Waals surface area contributed by atoms with Gasteiger partial charge < -0.3 is 29.8 Å². The molecule has 7 N–H and O–H groups in total. The number of hydrogen-bond donors (Lipinski definition) is 6. The molecule has 0 radical (unpaired) electrons. The highest BCUT2D eigenvalue weighted by Gasteiger charge is 2.80. The van der Waals surface area contributed by atoms with E-state index in [9.17, 15) is 24.3 Å². The first kappa shape index (κ1) is 39.3. The van der Waals surface area contributed by atoms with Crippen molar-refractivity contribution in [3.05, 3.63) is 23.8 Å². The zero-order valence-electron chi connectivity index (χ0n) is 28.3. The maximum absolute atomic E-state index is 17.6. The fourth-order valence-electron chi connectivity index (χ4n) is 9.05. The molecule has 20 heteroatoms. The van der Waals surface area contributed by atoms with Crippen molar-refractivity contribution < 1.29 is 82.5 Å². The number of carbonyl (C=O) groups is 4. The highest BCUT2D eigenvalue weighted by atomic mass is 19.1. The van der Waals surface area contributed by atoms with Gasteiger partial charge in [0.25, 0.3) is 0 Å². The predicted octanol–water partition coefficient (Wildman–Crippen LogP) is 0.571. The number of rotatable bonds is 13. The minimum absolute atomic E-state index is 0.0492. The Morgan fingerprint density at radius 2 is 1.75 bits per heavy atom. The van der Waals surface area contributed by atoms with Crippen LogP contribution in [-0.2, 0) is 47.8 Å². The van der Waals surface area contributed by atoms with E-state index in [1.807, 2.05) is 0 Å². The van der Waals surface area contributed by atoms with Gasteiger partial charge in [0, 0.05) is 16.7 Å². The van der Waals surface area contributed by atoms with Crippen molar-refractivity contribution in [2.75, 3.05) is 19.8 Å². The maximum atomic E-state index is 17.6. The van der Waals surface area contributed by atoms with E-state index in [0.29, 0.717) is 0 Å². The van der Waals surface area contributed by atoms with Crippen LogP contribution in [0.5, 0.6) is 0 Å². The first-order valence-electron chi connectivity index (χ1n) is 16.2. The van der Waals surface area contributed by atoms with Gasteiger partial charge >= 0.3 is 11.9 Å². The van der Waals surface area contributed by atoms with Crippen LogP contribution in [0.2, 0.25) is 0 Å². The lowest BCUT2D eigenvalue weighted by atomic mass is 9.44. The van der Waals surface area contributed by atoms with Crippen LogP contribution < -0.4 is 5.73 Å². The monoisotopic (exact) mass is 735 g/mol. The normalized spacial score (nSPS) is 39.1. The predicted molar refractivity (Wildman–Crippen MR) is 158 cm³/mol. The lowest BCUT2D eigenvalue weighted by molar-refractivity contribution is -0.527. The molecule has 0 bridgehead atoms. The number of halogens is 2. The third-order valence-corrected chi connectivity index (χ3v) is 11.1. The number of ketones is 2. The maximum Gasteiger partial charge on any atom is 0.323 e. The van der Waals surface area contributed by atoms with Crippen LogP contribution in [0.3, 0.4) is 0 Å². The molecule has 5 unspecified atom stereocenters. The Bertz CT molecular complexity index is 1480. The number of allylic oxidation sites excluding steroid dienone is 4. The quantitative estimate of drug-likeness (QED) is 0.112. The van der Waals surface area contributed by atoms with Crippen molar-refractivity contribution in [3.8, 4) is 0 Å². The van der Waals surface area contributed by atoms with E-state index in [4.69, 9.17) is 45.5 Å². The van der Waals surface area contributed by atoms with E-state index >= 15 is 8.78 Å². The molecule has 11 atom stereocenters. The molecular formula is C31H43F2N3O15. The second-order valence-corrected chi connectivity index (χ2v) is 14.5. The van der Waals surface area contributed by atoms with Crippen LogP contribution in [-0.4, -0.2) is 128 Å². The van der Waals surface area contributed by atoms with Gasteiger partial charge in [0.15, 0.2) is 29.4 Å². The molecule has 18 nitrogen and oxygen atoms in total. The molecule has 5 rings (SSSR count). The molecule has 0 aromatic rings. The first-order valence-corrected chi connectivity index (χ1v) is 16.2. The van der Waals surface area contributed by atoms with Crippen molar-refractivity contribution in [2.45, 2.75) is 101 Å². The summed E-state index contributed by atoms with van der Waals surface area (Å²) < 4.78 is 56.0. The van der Waals surface area contributed by atoms with Gasteiger partial charge in [-0.1, -0.05) is 13.0 Å². The summed E-state index contributed by atoms with van der Waals surface area (Å²) >= 11 is 0. The first-order chi connectivity index (χ1) is 23.6. The third kappa shape index (κ3) is 6.65. The average Bonchev–Trinajstić information content (AvgIpc) is 3.44. The minimum atomic E-state index is -2.41. The molecule has 286 valence electrons. The fourth-order valence-corrected chi connectivity index (χ4v) is 9.05. The van der Waals surface area contributed by atoms with Crippen LogP contribution in [0.4, 0.5) is 8.78 Å². The van der Waals surface area contributed by atoms with Gasteiger partial charge in [-0.15, -0.1) is 0 Å². The zero-order valence-corrected chi connectivity index (χ0v) is 28.3. The minimum Gasteiger partial charge on any atom is -0.462 e. The zero-order chi connectivity index (χ0) is 37.9. The number of ether oxygens (including phenoxy) is 4. The highest BCUT2D eigenvalue weighted by molar-refractivity contribution is 6.01. The van der Waals surface area contributed by atoms with Crippen molar-refractivity contribution in [1.82, 2.24) is 10.8 Å². The average molecular weight is 736 g/mol. The van der Waals surface area contributed by atoms with Crippen molar-refractivity contribution in [2.24, 2.45) is 28.4 Å². The molecule has 0 spiro atoms. The second-order valence-electron chi connectivity index (χ2n) is 14.5. The number of Topliss-reactive ketones (excluding diaryl/α,β-unsaturated/α-hetero) is 1. The summed E-state index contributed by atoms with van der Waals surface area (Å²) in [7, 11) is 0. The van der Waals surface area contributed by atoms with E-state index < -0.39 is 131 Å². The summed E-state index contributed by atoms with van der Waals surface area (Å²) in [4.78, 5) is 60.2. The Kier molecular flexibility index (Phi) is 10.7. The van der Waals surface area contributed by atoms with Gasteiger partial charge in [-0.2, -0.15) is 0 Å². The molecule has 51 heavy (non-hydrogen) atoms. The van der Waals surface area contributed by atoms with Gasteiger partial charge in [0.2, 0.25) is 5.78 Å². The summed E-state index contributed by atoms with van der Waals surface area (Å²) in [6, 6.07) is -1.64. The molecule has 4 aliphatic carbocycles. The lowest BCUT2D eigenvalue weighted by Crippen LogP contribution is -2.71. The van der Waals surface area contributed by atoms with Crippen LogP contribution in [0.15, 0.2) is 23.8 Å². The Hall–Kier alpha value is -2.86. The molecule has 1 aliphatic heterocycles. The van der Waals surface area contributed by atoms with E-state index in [1.165, 1.54) is 13.0 Å². The Labute approximate surface area is 289 Å². The van der Waals surface area contributed by atoms with Gasteiger partial charge in [-0.05, 0) is 63.7 Å². The van der Waals surface area contributed by atoms with Crippen LogP contribution in [0, 0.1) is 22.7 Å². The number of nitrogens with two attached hydrogens (primary N) is 1. The van der Waals surface area contributed by atoms with Crippen LogP contribution in [0.1, 0.15) is 53.4 Å².